The van der Waals surface area contributed by atoms with Gasteiger partial charge in [0.15, 0.2) is 0 Å². The predicted molar refractivity (Wildman–Crippen MR) is 75.6 cm³/mol. The van der Waals surface area contributed by atoms with Gasteiger partial charge in [-0.3, -0.25) is 4.55 Å². The van der Waals surface area contributed by atoms with Crippen LogP contribution >= 0.6 is 0 Å². The number of rotatable bonds is 7. The van der Waals surface area contributed by atoms with E-state index in [9.17, 15) is 22.3 Å². The Bertz CT molecular complexity index is 550. The lowest BCUT2D eigenvalue weighted by molar-refractivity contribution is -0.223. The fraction of sp³-hybridized carbons (Fsp3) is 1.00. The fourth-order valence-electron chi connectivity index (χ4n) is 4.88. The van der Waals surface area contributed by atoms with E-state index in [0.29, 0.717) is 18.3 Å². The largest absolute Gasteiger partial charge is 0.392 e. The number of alkyl halides is 2. The first-order chi connectivity index (χ1) is 10.5. The van der Waals surface area contributed by atoms with Crippen molar-refractivity contribution in [1.82, 2.24) is 0 Å². The summed E-state index contributed by atoms with van der Waals surface area (Å²) in [5.41, 5.74) is -1.07. The molecule has 0 radical (unpaired) electrons. The lowest BCUT2D eigenvalue weighted by Crippen LogP contribution is -2.60. The summed E-state index contributed by atoms with van der Waals surface area (Å²) in [6.07, 6.45) is 5.04. The normalized spacial score (nSPS) is 39.8. The molecule has 0 aliphatic heterocycles. The molecular weight excluding hydrogens is 334 g/mol. The standard InChI is InChI=1S/C14H22F2O6S/c15-14(16,23(18,19)20)9-21-1-2-22-13-6-10-3-11(7-13)5-12(17,4-10)8-13/h10-11,17H,1-9H2,(H,18,19,20). The van der Waals surface area contributed by atoms with E-state index >= 15 is 0 Å². The van der Waals surface area contributed by atoms with Gasteiger partial charge in [0.05, 0.1) is 24.4 Å². The number of ether oxygens (including phenoxy) is 2. The Hall–Kier alpha value is -0.350. The van der Waals surface area contributed by atoms with Gasteiger partial charge < -0.3 is 14.6 Å². The lowest BCUT2D eigenvalue weighted by atomic mass is 9.52. The van der Waals surface area contributed by atoms with Crippen LogP contribution in [-0.2, 0) is 19.6 Å². The van der Waals surface area contributed by atoms with Crippen molar-refractivity contribution < 1.29 is 36.3 Å². The minimum absolute atomic E-state index is 0.0527. The van der Waals surface area contributed by atoms with Crippen LogP contribution in [0.5, 0.6) is 0 Å². The Morgan fingerprint density at radius 3 is 2.26 bits per heavy atom. The molecule has 2 N–H and O–H groups in total. The molecule has 2 unspecified atom stereocenters. The Labute approximate surface area is 133 Å². The molecule has 6 nitrogen and oxygen atoms in total. The molecule has 0 heterocycles. The third kappa shape index (κ3) is 3.53. The molecule has 0 aromatic heterocycles. The highest BCUT2D eigenvalue weighted by atomic mass is 32.2. The summed E-state index contributed by atoms with van der Waals surface area (Å²) in [5, 5.41) is 6.25. The van der Waals surface area contributed by atoms with Crippen LogP contribution in [0.1, 0.15) is 38.5 Å². The minimum atomic E-state index is -5.47. The second-order valence-electron chi connectivity index (χ2n) is 7.38. The van der Waals surface area contributed by atoms with Crippen molar-refractivity contribution in [2.24, 2.45) is 11.8 Å². The zero-order valence-electron chi connectivity index (χ0n) is 12.7. The molecular formula is C14H22F2O6S. The van der Waals surface area contributed by atoms with Crippen LogP contribution in [-0.4, -0.2) is 54.4 Å². The van der Waals surface area contributed by atoms with E-state index in [4.69, 9.17) is 9.29 Å². The van der Waals surface area contributed by atoms with Crippen molar-refractivity contribution in [1.29, 1.82) is 0 Å². The van der Waals surface area contributed by atoms with Gasteiger partial charge in [0.2, 0.25) is 0 Å². The van der Waals surface area contributed by atoms with Gasteiger partial charge in [0.1, 0.15) is 6.61 Å². The van der Waals surface area contributed by atoms with E-state index in [1.807, 2.05) is 0 Å². The molecule has 0 aromatic carbocycles. The van der Waals surface area contributed by atoms with Crippen LogP contribution in [0.15, 0.2) is 0 Å². The van der Waals surface area contributed by atoms with E-state index in [-0.39, 0.29) is 13.2 Å². The molecule has 0 saturated heterocycles. The first kappa shape index (κ1) is 17.5. The molecule has 4 bridgehead atoms. The topological polar surface area (TPSA) is 93.1 Å². The SMILES string of the molecule is O=S(=O)(O)C(F)(F)COCCOC12CC3CC(CC(O)(C3)C1)C2. The minimum Gasteiger partial charge on any atom is -0.390 e. The monoisotopic (exact) mass is 356 g/mol. The van der Waals surface area contributed by atoms with Gasteiger partial charge in [-0.05, 0) is 43.9 Å². The zero-order valence-corrected chi connectivity index (χ0v) is 13.5. The Balaban J connectivity index is 1.47. The van der Waals surface area contributed by atoms with E-state index in [2.05, 4.69) is 4.74 Å². The van der Waals surface area contributed by atoms with Crippen molar-refractivity contribution in [3.05, 3.63) is 0 Å². The predicted octanol–water partition coefficient (Wildman–Crippen LogP) is 1.58. The zero-order chi connectivity index (χ0) is 16.9. The average molecular weight is 356 g/mol. The maximum atomic E-state index is 13.0. The lowest BCUT2D eigenvalue weighted by Gasteiger charge is -2.59. The molecule has 0 spiro atoms. The van der Waals surface area contributed by atoms with Gasteiger partial charge >= 0.3 is 15.4 Å². The van der Waals surface area contributed by atoms with Gasteiger partial charge in [0, 0.05) is 6.42 Å². The van der Waals surface area contributed by atoms with Crippen molar-refractivity contribution in [2.45, 2.75) is 55.0 Å². The summed E-state index contributed by atoms with van der Waals surface area (Å²) >= 11 is 0. The van der Waals surface area contributed by atoms with Crippen molar-refractivity contribution >= 4 is 10.1 Å². The van der Waals surface area contributed by atoms with Crippen molar-refractivity contribution in [2.75, 3.05) is 19.8 Å². The molecule has 23 heavy (non-hydrogen) atoms. The summed E-state index contributed by atoms with van der Waals surface area (Å²) in [5.74, 6) is 0.900. The highest BCUT2D eigenvalue weighted by molar-refractivity contribution is 7.86. The first-order valence-corrected chi connectivity index (χ1v) is 9.26. The van der Waals surface area contributed by atoms with Crippen LogP contribution in [0.2, 0.25) is 0 Å². The van der Waals surface area contributed by atoms with Gasteiger partial charge in [0.25, 0.3) is 0 Å². The van der Waals surface area contributed by atoms with E-state index < -0.39 is 33.2 Å². The van der Waals surface area contributed by atoms with Gasteiger partial charge in [-0.2, -0.15) is 17.2 Å². The van der Waals surface area contributed by atoms with Crippen LogP contribution in [0.25, 0.3) is 0 Å². The van der Waals surface area contributed by atoms with Crippen LogP contribution in [0, 0.1) is 11.8 Å². The maximum absolute atomic E-state index is 13.0. The molecule has 4 rings (SSSR count). The molecule has 4 fully saturated rings. The molecule has 4 aliphatic rings. The van der Waals surface area contributed by atoms with Crippen LogP contribution in [0.4, 0.5) is 8.78 Å². The quantitative estimate of drug-likeness (QED) is 0.531. The second-order valence-corrected chi connectivity index (χ2v) is 8.93. The number of hydrogen-bond acceptors (Lipinski definition) is 5. The Morgan fingerprint density at radius 1 is 1.13 bits per heavy atom. The molecule has 0 aromatic rings. The molecule has 4 saturated carbocycles. The van der Waals surface area contributed by atoms with E-state index in [1.54, 1.807) is 0 Å². The average Bonchev–Trinajstić information content (AvgIpc) is 2.33. The maximum Gasteiger partial charge on any atom is 0.392 e. The van der Waals surface area contributed by atoms with E-state index in [0.717, 1.165) is 32.1 Å². The van der Waals surface area contributed by atoms with Crippen LogP contribution in [0.3, 0.4) is 0 Å². The van der Waals surface area contributed by atoms with Crippen molar-refractivity contribution in [3.63, 3.8) is 0 Å². The summed E-state index contributed by atoms with van der Waals surface area (Å²) in [6, 6.07) is 0. The summed E-state index contributed by atoms with van der Waals surface area (Å²) in [4.78, 5) is 0. The van der Waals surface area contributed by atoms with Gasteiger partial charge in [-0.25, -0.2) is 0 Å². The van der Waals surface area contributed by atoms with Gasteiger partial charge in [-0.1, -0.05) is 0 Å². The highest BCUT2D eigenvalue weighted by Crippen LogP contribution is 2.58. The van der Waals surface area contributed by atoms with Crippen molar-refractivity contribution in [3.8, 4) is 0 Å². The summed E-state index contributed by atoms with van der Waals surface area (Å²) in [7, 11) is -5.47. The van der Waals surface area contributed by atoms with E-state index in [1.165, 1.54) is 0 Å². The van der Waals surface area contributed by atoms with Gasteiger partial charge in [-0.15, -0.1) is 0 Å². The Morgan fingerprint density at radius 2 is 1.74 bits per heavy atom. The summed E-state index contributed by atoms with van der Waals surface area (Å²) in [6.45, 7) is -1.55. The number of hydrogen-bond donors (Lipinski definition) is 2. The molecule has 4 aliphatic carbocycles. The molecule has 0 amide bonds. The van der Waals surface area contributed by atoms with Crippen LogP contribution < -0.4 is 0 Å². The summed E-state index contributed by atoms with van der Waals surface area (Å²) < 4.78 is 65.7. The second kappa shape index (κ2) is 5.59. The fourth-order valence-corrected chi connectivity index (χ4v) is 5.11. The number of aliphatic hydroxyl groups is 1. The molecule has 9 heteroatoms. The third-order valence-corrected chi connectivity index (χ3v) is 6.13. The third-order valence-electron chi connectivity index (χ3n) is 5.26. The first-order valence-electron chi connectivity index (χ1n) is 7.82. The number of halogens is 2. The molecule has 2 atom stereocenters. The molecule has 134 valence electrons. The highest BCUT2D eigenvalue weighted by Gasteiger charge is 2.57. The smallest absolute Gasteiger partial charge is 0.390 e. The Kier molecular flexibility index (Phi) is 4.24.